The molecule has 2 aromatic carbocycles. The third-order valence-corrected chi connectivity index (χ3v) is 7.61. The zero-order valence-electron chi connectivity index (χ0n) is 18.4. The van der Waals surface area contributed by atoms with Crippen molar-refractivity contribution in [3.05, 3.63) is 59.4 Å². The van der Waals surface area contributed by atoms with E-state index in [0.717, 1.165) is 6.07 Å². The fraction of sp³-hybridized carbons (Fsp3) is 0.348. The fourth-order valence-corrected chi connectivity index (χ4v) is 5.78. The van der Waals surface area contributed by atoms with E-state index in [1.54, 1.807) is 12.1 Å². The molecular weight excluding hydrogens is 485 g/mol. The number of nitrogens with zero attached hydrogens (tertiary/aromatic N) is 1. The van der Waals surface area contributed by atoms with E-state index in [1.807, 2.05) is 0 Å². The molecule has 0 bridgehead atoms. The predicted molar refractivity (Wildman–Crippen MR) is 122 cm³/mol. The molecule has 1 atom stereocenters. The molecular formula is C23H23F3N4O4S. The predicted octanol–water partition coefficient (Wildman–Crippen LogP) is 3.24. The molecule has 1 aromatic heterocycles. The lowest BCUT2D eigenvalue weighted by atomic mass is 9.70. The van der Waals surface area contributed by atoms with Gasteiger partial charge in [-0.1, -0.05) is 0 Å². The van der Waals surface area contributed by atoms with Crippen molar-refractivity contribution in [1.29, 1.82) is 0 Å². The molecule has 3 aromatic rings. The topological polar surface area (TPSA) is 115 Å². The van der Waals surface area contributed by atoms with Crippen LogP contribution in [0.15, 0.2) is 36.4 Å². The molecule has 12 heteroatoms. The third kappa shape index (κ3) is 4.54. The smallest absolute Gasteiger partial charge is 0.349 e. The van der Waals surface area contributed by atoms with E-state index in [9.17, 15) is 30.9 Å². The number of fused-ring (bicyclic) bond motifs is 1. The van der Waals surface area contributed by atoms with Crippen LogP contribution < -0.4 is 10.7 Å². The van der Waals surface area contributed by atoms with Crippen molar-refractivity contribution in [3.8, 4) is 11.3 Å². The fourth-order valence-electron chi connectivity index (χ4n) is 5.02. The molecule has 1 aliphatic carbocycles. The maximum Gasteiger partial charge on any atom is 0.349 e. The minimum atomic E-state index is -4.66. The summed E-state index contributed by atoms with van der Waals surface area (Å²) in [4.78, 5) is 14.9. The van der Waals surface area contributed by atoms with Gasteiger partial charge < -0.3 is 10.3 Å². The number of amides is 1. The molecule has 0 unspecified atom stereocenters. The van der Waals surface area contributed by atoms with Crippen LogP contribution in [0, 0.1) is 23.4 Å². The Hall–Kier alpha value is -2.93. The Balaban J connectivity index is 1.38. The van der Waals surface area contributed by atoms with Crippen LogP contribution in [0.3, 0.4) is 0 Å². The molecule has 186 valence electrons. The Bertz CT molecular complexity index is 1390. The zero-order valence-corrected chi connectivity index (χ0v) is 19.2. The zero-order chi connectivity index (χ0) is 24.9. The van der Waals surface area contributed by atoms with E-state index < -0.39 is 39.7 Å². The Morgan fingerprint density at radius 2 is 1.80 bits per heavy atom. The lowest BCUT2D eigenvalue weighted by molar-refractivity contribution is -0.123. The number of nitrogens with one attached hydrogen (secondary N) is 3. The number of halogens is 3. The maximum atomic E-state index is 14.5. The lowest BCUT2D eigenvalue weighted by Gasteiger charge is -2.37. The summed E-state index contributed by atoms with van der Waals surface area (Å²) in [6.45, 7) is 0.486. The van der Waals surface area contributed by atoms with Gasteiger partial charge in [-0.15, -0.1) is 4.41 Å². The van der Waals surface area contributed by atoms with Crippen LogP contribution in [-0.4, -0.2) is 47.4 Å². The standard InChI is InChI=1S/C23H23F3N4O4S/c24-15-3-1-13(2-4-15)21-20(17-9-16(25)10-18(26)22(17)29-21)14-7-12(8-14)11-28-30(35(32,33)34)19-5-6-27-23(19)31/h1-4,9-10,12,14,19,28-29H,5-8,11H2,(H,27,31)(H,32,33,34)/t12?,14?,19-/m1/s1. The van der Waals surface area contributed by atoms with Crippen LogP contribution in [-0.2, 0) is 15.1 Å². The molecule has 2 aliphatic rings. The Kier molecular flexibility index (Phi) is 6.08. The number of hydrogen-bond donors (Lipinski definition) is 4. The number of hydrogen-bond acceptors (Lipinski definition) is 4. The highest BCUT2D eigenvalue weighted by atomic mass is 32.2. The normalized spacial score (nSPS) is 22.5. The summed E-state index contributed by atoms with van der Waals surface area (Å²) in [5.74, 6) is -2.46. The van der Waals surface area contributed by atoms with Crippen LogP contribution in [0.4, 0.5) is 13.2 Å². The Morgan fingerprint density at radius 3 is 2.43 bits per heavy atom. The second-order valence-electron chi connectivity index (χ2n) is 9.00. The second kappa shape index (κ2) is 8.94. The van der Waals surface area contributed by atoms with Crippen molar-refractivity contribution in [2.75, 3.05) is 13.1 Å². The average Bonchev–Trinajstić information content (AvgIpc) is 3.33. The van der Waals surface area contributed by atoms with E-state index in [2.05, 4.69) is 15.7 Å². The molecule has 5 rings (SSSR count). The van der Waals surface area contributed by atoms with Gasteiger partial charge >= 0.3 is 10.3 Å². The first-order valence-electron chi connectivity index (χ1n) is 11.2. The summed E-state index contributed by atoms with van der Waals surface area (Å²) in [6, 6.07) is 6.73. The van der Waals surface area contributed by atoms with Gasteiger partial charge in [-0.2, -0.15) is 8.42 Å². The van der Waals surface area contributed by atoms with Gasteiger partial charge in [0.05, 0.1) is 11.2 Å². The van der Waals surface area contributed by atoms with Crippen molar-refractivity contribution < 1.29 is 30.9 Å². The molecule has 0 radical (unpaired) electrons. The first kappa shape index (κ1) is 23.8. The van der Waals surface area contributed by atoms with Gasteiger partial charge in [-0.3, -0.25) is 9.35 Å². The largest absolute Gasteiger partial charge is 0.355 e. The third-order valence-electron chi connectivity index (χ3n) is 6.73. The number of aromatic amines is 1. The van der Waals surface area contributed by atoms with Gasteiger partial charge in [-0.05, 0) is 72.6 Å². The minimum Gasteiger partial charge on any atom is -0.355 e. The molecule has 2 fully saturated rings. The molecule has 1 saturated heterocycles. The molecule has 4 N–H and O–H groups in total. The summed E-state index contributed by atoms with van der Waals surface area (Å²) in [7, 11) is -4.66. The van der Waals surface area contributed by atoms with Crippen molar-refractivity contribution >= 4 is 27.1 Å². The van der Waals surface area contributed by atoms with Crippen LogP contribution in [0.5, 0.6) is 0 Å². The van der Waals surface area contributed by atoms with Crippen LogP contribution in [0.2, 0.25) is 0 Å². The van der Waals surface area contributed by atoms with Crippen molar-refractivity contribution in [2.24, 2.45) is 5.92 Å². The molecule has 0 spiro atoms. The number of carbonyl (C=O) groups excluding carboxylic acids is 1. The summed E-state index contributed by atoms with van der Waals surface area (Å²) in [5, 5.41) is 2.93. The second-order valence-corrected chi connectivity index (χ2v) is 10.3. The Morgan fingerprint density at radius 1 is 1.09 bits per heavy atom. The van der Waals surface area contributed by atoms with E-state index >= 15 is 0 Å². The Labute approximate surface area is 199 Å². The molecule has 1 amide bonds. The summed E-state index contributed by atoms with van der Waals surface area (Å²) in [6.07, 6.45) is 1.37. The summed E-state index contributed by atoms with van der Waals surface area (Å²) < 4.78 is 75.8. The van der Waals surface area contributed by atoms with E-state index in [0.29, 0.717) is 46.0 Å². The summed E-state index contributed by atoms with van der Waals surface area (Å²) in [5.41, 5.74) is 4.74. The molecule has 1 saturated carbocycles. The van der Waals surface area contributed by atoms with Crippen molar-refractivity contribution in [1.82, 2.24) is 20.1 Å². The highest BCUT2D eigenvalue weighted by Gasteiger charge is 2.39. The molecule has 8 nitrogen and oxygen atoms in total. The van der Waals surface area contributed by atoms with Crippen molar-refractivity contribution in [2.45, 2.75) is 31.2 Å². The van der Waals surface area contributed by atoms with Crippen molar-refractivity contribution in [3.63, 3.8) is 0 Å². The monoisotopic (exact) mass is 508 g/mol. The van der Waals surface area contributed by atoms with Gasteiger partial charge in [0.15, 0.2) is 0 Å². The van der Waals surface area contributed by atoms with Crippen LogP contribution in [0.25, 0.3) is 22.2 Å². The van der Waals surface area contributed by atoms with E-state index in [4.69, 9.17) is 0 Å². The van der Waals surface area contributed by atoms with Crippen LogP contribution in [0.1, 0.15) is 30.7 Å². The quantitative estimate of drug-likeness (QED) is 0.289. The number of rotatable bonds is 7. The van der Waals surface area contributed by atoms with Gasteiger partial charge in [0.2, 0.25) is 5.91 Å². The first-order chi connectivity index (χ1) is 16.6. The van der Waals surface area contributed by atoms with Gasteiger partial charge in [0.25, 0.3) is 0 Å². The van der Waals surface area contributed by atoms with Crippen LogP contribution >= 0.6 is 0 Å². The molecule has 1 aliphatic heterocycles. The molecule has 35 heavy (non-hydrogen) atoms. The minimum absolute atomic E-state index is 0.0156. The average molecular weight is 509 g/mol. The maximum absolute atomic E-state index is 14.5. The highest BCUT2D eigenvalue weighted by molar-refractivity contribution is 7.83. The number of aromatic nitrogens is 1. The number of benzene rings is 2. The highest BCUT2D eigenvalue weighted by Crippen LogP contribution is 2.48. The van der Waals surface area contributed by atoms with Gasteiger partial charge in [0.1, 0.15) is 23.5 Å². The van der Waals surface area contributed by atoms with Gasteiger partial charge in [0, 0.05) is 24.5 Å². The molecule has 2 heterocycles. The number of hydrazine groups is 1. The van der Waals surface area contributed by atoms with Gasteiger partial charge in [-0.25, -0.2) is 18.6 Å². The number of H-pyrrole nitrogens is 1. The lowest BCUT2D eigenvalue weighted by Crippen LogP contribution is -2.53. The number of carbonyl (C=O) groups is 1. The van der Waals surface area contributed by atoms with E-state index in [1.165, 1.54) is 18.2 Å². The first-order valence-corrected chi connectivity index (χ1v) is 12.6. The summed E-state index contributed by atoms with van der Waals surface area (Å²) >= 11 is 0. The SMILES string of the molecule is O=C1NCC[C@H]1N(NCC1CC(c2c(-c3ccc(F)cc3)[nH]c3c(F)cc(F)cc23)C1)S(=O)(=O)O. The van der Waals surface area contributed by atoms with E-state index in [-0.39, 0.29) is 30.3 Å².